The van der Waals surface area contributed by atoms with Crippen LogP contribution in [0.3, 0.4) is 0 Å². The zero-order valence-electron chi connectivity index (χ0n) is 9.19. The van der Waals surface area contributed by atoms with E-state index in [9.17, 15) is 5.11 Å². The van der Waals surface area contributed by atoms with Crippen LogP contribution in [0.2, 0.25) is 5.02 Å². The van der Waals surface area contributed by atoms with Gasteiger partial charge in [-0.1, -0.05) is 11.6 Å². The van der Waals surface area contributed by atoms with Gasteiger partial charge < -0.3 is 15.7 Å². The number of benzene rings is 1. The number of anilines is 1. The first-order valence-electron chi connectivity index (χ1n) is 5.62. The van der Waals surface area contributed by atoms with Gasteiger partial charge >= 0.3 is 0 Å². The quantitative estimate of drug-likeness (QED) is 0.847. The van der Waals surface area contributed by atoms with Gasteiger partial charge in [0.1, 0.15) is 0 Å². The van der Waals surface area contributed by atoms with Crippen molar-refractivity contribution in [1.29, 1.82) is 0 Å². The highest BCUT2D eigenvalue weighted by Crippen LogP contribution is 2.30. The first-order valence-corrected chi connectivity index (χ1v) is 6.00. The van der Waals surface area contributed by atoms with E-state index < -0.39 is 0 Å². The fourth-order valence-electron chi connectivity index (χ4n) is 2.34. The number of rotatable bonds is 3. The Bertz CT molecular complexity index is 370. The molecular formula is C12H17ClN2O. The predicted molar refractivity (Wildman–Crippen MR) is 66.8 cm³/mol. The normalized spacial score (nSPS) is 20.4. The Kier molecular flexibility index (Phi) is 3.69. The van der Waals surface area contributed by atoms with Crippen LogP contribution in [-0.2, 0) is 6.54 Å². The Balaban J connectivity index is 2.31. The molecule has 3 N–H and O–H groups in total. The van der Waals surface area contributed by atoms with Crippen molar-refractivity contribution in [3.63, 3.8) is 0 Å². The van der Waals surface area contributed by atoms with E-state index in [0.717, 1.165) is 30.6 Å². The van der Waals surface area contributed by atoms with E-state index in [1.807, 2.05) is 18.2 Å². The monoisotopic (exact) mass is 240 g/mol. The lowest BCUT2D eigenvalue weighted by molar-refractivity contribution is 0.266. The van der Waals surface area contributed by atoms with Gasteiger partial charge in [-0.05, 0) is 36.6 Å². The fraction of sp³-hybridized carbons (Fsp3) is 0.500. The van der Waals surface area contributed by atoms with Crippen molar-refractivity contribution in [2.24, 2.45) is 5.73 Å². The standard InChI is InChI=1S/C12H17ClN2O/c13-10-3-4-12(9(6-10)7-14)15-5-1-2-11(15)8-16/h3-4,6,11,16H,1-2,5,7-8,14H2. The highest BCUT2D eigenvalue weighted by Gasteiger charge is 2.25. The van der Waals surface area contributed by atoms with Crippen LogP contribution in [0.25, 0.3) is 0 Å². The second kappa shape index (κ2) is 5.04. The fourth-order valence-corrected chi connectivity index (χ4v) is 2.54. The minimum absolute atomic E-state index is 0.201. The topological polar surface area (TPSA) is 49.5 Å². The van der Waals surface area contributed by atoms with Gasteiger partial charge in [-0.2, -0.15) is 0 Å². The summed E-state index contributed by atoms with van der Waals surface area (Å²) in [5.74, 6) is 0. The van der Waals surface area contributed by atoms with Crippen molar-refractivity contribution in [2.75, 3.05) is 18.1 Å². The summed E-state index contributed by atoms with van der Waals surface area (Å²) in [5.41, 5.74) is 7.89. The summed E-state index contributed by atoms with van der Waals surface area (Å²) in [6, 6.07) is 6.01. The molecule has 0 amide bonds. The summed E-state index contributed by atoms with van der Waals surface area (Å²) >= 11 is 5.95. The summed E-state index contributed by atoms with van der Waals surface area (Å²) in [7, 11) is 0. The summed E-state index contributed by atoms with van der Waals surface area (Å²) in [6.07, 6.45) is 2.17. The SMILES string of the molecule is NCc1cc(Cl)ccc1N1CCCC1CO. The molecule has 0 aromatic heterocycles. The summed E-state index contributed by atoms with van der Waals surface area (Å²) in [6.45, 7) is 1.66. The third-order valence-corrected chi connectivity index (χ3v) is 3.39. The van der Waals surface area contributed by atoms with Crippen LogP contribution >= 0.6 is 11.6 Å². The highest BCUT2D eigenvalue weighted by molar-refractivity contribution is 6.30. The van der Waals surface area contributed by atoms with Gasteiger partial charge in [-0.25, -0.2) is 0 Å². The van der Waals surface area contributed by atoms with Gasteiger partial charge in [0.2, 0.25) is 0 Å². The maximum atomic E-state index is 9.32. The third kappa shape index (κ3) is 2.17. The van der Waals surface area contributed by atoms with Crippen LogP contribution in [0.4, 0.5) is 5.69 Å². The lowest BCUT2D eigenvalue weighted by atomic mass is 10.1. The van der Waals surface area contributed by atoms with Crippen LogP contribution in [0, 0.1) is 0 Å². The molecule has 0 aliphatic carbocycles. The van der Waals surface area contributed by atoms with Gasteiger partial charge in [0.15, 0.2) is 0 Å². The molecule has 1 atom stereocenters. The maximum absolute atomic E-state index is 9.32. The molecule has 3 nitrogen and oxygen atoms in total. The highest BCUT2D eigenvalue weighted by atomic mass is 35.5. The molecular weight excluding hydrogens is 224 g/mol. The molecule has 88 valence electrons. The lowest BCUT2D eigenvalue weighted by Gasteiger charge is -2.27. The molecule has 1 aliphatic heterocycles. The molecule has 1 saturated heterocycles. The number of nitrogens with zero attached hydrogens (tertiary/aromatic N) is 1. The Morgan fingerprint density at radius 1 is 1.50 bits per heavy atom. The van der Waals surface area contributed by atoms with Gasteiger partial charge in [-0.15, -0.1) is 0 Å². The van der Waals surface area contributed by atoms with E-state index in [4.69, 9.17) is 17.3 Å². The van der Waals surface area contributed by atoms with Crippen molar-refractivity contribution in [3.05, 3.63) is 28.8 Å². The number of aliphatic hydroxyl groups excluding tert-OH is 1. The lowest BCUT2D eigenvalue weighted by Crippen LogP contribution is -2.33. The molecule has 1 aliphatic rings. The molecule has 1 fully saturated rings. The molecule has 2 rings (SSSR count). The second-order valence-electron chi connectivity index (χ2n) is 4.15. The number of halogens is 1. The summed E-state index contributed by atoms with van der Waals surface area (Å²) in [5, 5.41) is 10.0. The van der Waals surface area contributed by atoms with Crippen molar-refractivity contribution >= 4 is 17.3 Å². The molecule has 1 aromatic carbocycles. The van der Waals surface area contributed by atoms with Crippen LogP contribution in [-0.4, -0.2) is 24.3 Å². The first-order chi connectivity index (χ1) is 7.76. The van der Waals surface area contributed by atoms with Crippen LogP contribution < -0.4 is 10.6 Å². The van der Waals surface area contributed by atoms with Crippen molar-refractivity contribution in [1.82, 2.24) is 0 Å². The van der Waals surface area contributed by atoms with Crippen molar-refractivity contribution in [3.8, 4) is 0 Å². The zero-order valence-corrected chi connectivity index (χ0v) is 9.95. The molecule has 1 unspecified atom stereocenters. The maximum Gasteiger partial charge on any atom is 0.0635 e. The average Bonchev–Trinajstić information content (AvgIpc) is 2.76. The van der Waals surface area contributed by atoms with Gasteiger partial charge in [0.25, 0.3) is 0 Å². The minimum Gasteiger partial charge on any atom is -0.394 e. The van der Waals surface area contributed by atoms with Crippen LogP contribution in [0.15, 0.2) is 18.2 Å². The number of hydrogen-bond acceptors (Lipinski definition) is 3. The van der Waals surface area contributed by atoms with Gasteiger partial charge in [-0.3, -0.25) is 0 Å². The summed E-state index contributed by atoms with van der Waals surface area (Å²) < 4.78 is 0. The third-order valence-electron chi connectivity index (χ3n) is 3.16. The van der Waals surface area contributed by atoms with Crippen LogP contribution in [0.5, 0.6) is 0 Å². The molecule has 0 radical (unpaired) electrons. The van der Waals surface area contributed by atoms with Crippen molar-refractivity contribution in [2.45, 2.75) is 25.4 Å². The zero-order chi connectivity index (χ0) is 11.5. The van der Waals surface area contributed by atoms with E-state index in [-0.39, 0.29) is 12.6 Å². The minimum atomic E-state index is 0.201. The Morgan fingerprint density at radius 2 is 2.31 bits per heavy atom. The van der Waals surface area contributed by atoms with E-state index in [0.29, 0.717) is 11.6 Å². The predicted octanol–water partition coefficient (Wildman–Crippen LogP) is 1.76. The second-order valence-corrected chi connectivity index (χ2v) is 4.59. The molecule has 1 heterocycles. The molecule has 16 heavy (non-hydrogen) atoms. The van der Waals surface area contributed by atoms with Gasteiger partial charge in [0, 0.05) is 23.8 Å². The average molecular weight is 241 g/mol. The Labute approximate surface area is 101 Å². The van der Waals surface area contributed by atoms with Crippen LogP contribution in [0.1, 0.15) is 18.4 Å². The Morgan fingerprint density at radius 3 is 3.00 bits per heavy atom. The number of hydrogen-bond donors (Lipinski definition) is 2. The Hall–Kier alpha value is -0.770. The van der Waals surface area contributed by atoms with E-state index in [2.05, 4.69) is 4.90 Å². The molecule has 4 heteroatoms. The summed E-state index contributed by atoms with van der Waals surface area (Å²) in [4.78, 5) is 2.23. The van der Waals surface area contributed by atoms with Gasteiger partial charge in [0.05, 0.1) is 12.6 Å². The smallest absolute Gasteiger partial charge is 0.0635 e. The first kappa shape index (κ1) is 11.7. The number of aliphatic hydroxyl groups is 1. The van der Waals surface area contributed by atoms with Crippen molar-refractivity contribution < 1.29 is 5.11 Å². The van der Waals surface area contributed by atoms with E-state index in [1.165, 1.54) is 0 Å². The molecule has 1 aromatic rings. The largest absolute Gasteiger partial charge is 0.394 e. The number of nitrogens with two attached hydrogens (primary N) is 1. The molecule has 0 saturated carbocycles. The molecule has 0 spiro atoms. The van der Waals surface area contributed by atoms with E-state index in [1.54, 1.807) is 0 Å². The van der Waals surface area contributed by atoms with E-state index >= 15 is 0 Å². The molecule has 0 bridgehead atoms.